The lowest BCUT2D eigenvalue weighted by atomic mass is 10.00. The molecule has 0 aliphatic heterocycles. The van der Waals surface area contributed by atoms with Crippen molar-refractivity contribution < 1.29 is 13.9 Å². The summed E-state index contributed by atoms with van der Waals surface area (Å²) in [7, 11) is 0. The van der Waals surface area contributed by atoms with E-state index in [-0.39, 0.29) is 18.1 Å². The number of hydrogen-bond acceptors (Lipinski definition) is 5. The van der Waals surface area contributed by atoms with Crippen LogP contribution in [0.5, 0.6) is 0 Å². The van der Waals surface area contributed by atoms with Crippen LogP contribution in [0, 0.1) is 0 Å². The van der Waals surface area contributed by atoms with Gasteiger partial charge in [-0.1, -0.05) is 60.7 Å². The molecule has 0 aliphatic carbocycles. The quantitative estimate of drug-likeness (QED) is 0.556. The second-order valence-electron chi connectivity index (χ2n) is 5.85. The minimum Gasteiger partial charge on any atom is -0.460 e. The number of nitrogens with zero attached hydrogens (tertiary/aromatic N) is 1. The van der Waals surface area contributed by atoms with Crippen LogP contribution in [-0.4, -0.2) is 22.5 Å². The summed E-state index contributed by atoms with van der Waals surface area (Å²) in [6.45, 7) is 1.87. The minimum atomic E-state index is -0.699. The van der Waals surface area contributed by atoms with E-state index < -0.39 is 11.5 Å². The van der Waals surface area contributed by atoms with E-state index in [0.29, 0.717) is 16.7 Å². The van der Waals surface area contributed by atoms with Gasteiger partial charge >= 0.3 is 5.97 Å². The lowest BCUT2D eigenvalue weighted by Gasteiger charge is -2.03. The molecule has 2 aromatic carbocycles. The molecule has 134 valence electrons. The average molecular weight is 360 g/mol. The van der Waals surface area contributed by atoms with Gasteiger partial charge in [-0.3, -0.25) is 4.79 Å². The zero-order chi connectivity index (χ0) is 18.8. The Morgan fingerprint density at radius 3 is 2.30 bits per heavy atom. The van der Waals surface area contributed by atoms with Crippen molar-refractivity contribution in [2.45, 2.75) is 6.92 Å². The second kappa shape index (κ2) is 6.92. The van der Waals surface area contributed by atoms with Gasteiger partial charge in [0.25, 0.3) is 5.56 Å². The van der Waals surface area contributed by atoms with Crippen molar-refractivity contribution >= 4 is 17.1 Å². The number of hydrogen-bond donors (Lipinski definition) is 1. The lowest BCUT2D eigenvalue weighted by Crippen LogP contribution is -2.17. The SMILES string of the molecule is CCOC(=O)c1nc2oc(-c3ccccc3)c(-c3ccccc3)c2c(=O)[nH]1. The Kier molecular flexibility index (Phi) is 4.30. The highest BCUT2D eigenvalue weighted by Crippen LogP contribution is 2.38. The number of nitrogens with one attached hydrogen (secondary N) is 1. The molecule has 2 aromatic heterocycles. The number of benzene rings is 2. The fourth-order valence-corrected chi connectivity index (χ4v) is 2.98. The molecule has 0 atom stereocenters. The van der Waals surface area contributed by atoms with Gasteiger partial charge < -0.3 is 14.1 Å². The zero-order valence-electron chi connectivity index (χ0n) is 14.6. The number of carbonyl (C=O) groups excluding carboxylic acids is 1. The van der Waals surface area contributed by atoms with Crippen molar-refractivity contribution in [2.24, 2.45) is 0 Å². The summed E-state index contributed by atoms with van der Waals surface area (Å²) in [6.07, 6.45) is 0. The van der Waals surface area contributed by atoms with Gasteiger partial charge in [-0.05, 0) is 12.5 Å². The van der Waals surface area contributed by atoms with Crippen LogP contribution in [-0.2, 0) is 4.74 Å². The molecule has 6 nitrogen and oxygen atoms in total. The van der Waals surface area contributed by atoms with Crippen LogP contribution in [0.15, 0.2) is 69.9 Å². The Morgan fingerprint density at radius 1 is 1.04 bits per heavy atom. The molecule has 0 fully saturated rings. The third-order valence-corrected chi connectivity index (χ3v) is 4.13. The van der Waals surface area contributed by atoms with E-state index >= 15 is 0 Å². The molecule has 27 heavy (non-hydrogen) atoms. The highest BCUT2D eigenvalue weighted by atomic mass is 16.5. The predicted molar refractivity (Wildman–Crippen MR) is 101 cm³/mol. The van der Waals surface area contributed by atoms with E-state index in [1.165, 1.54) is 0 Å². The van der Waals surface area contributed by atoms with Gasteiger partial charge in [0.1, 0.15) is 11.1 Å². The van der Waals surface area contributed by atoms with Crippen LogP contribution in [0.2, 0.25) is 0 Å². The van der Waals surface area contributed by atoms with Crippen molar-refractivity contribution in [3.05, 3.63) is 76.8 Å². The smallest absolute Gasteiger partial charge is 0.374 e. The molecular formula is C21H16N2O4. The first-order valence-corrected chi connectivity index (χ1v) is 8.53. The summed E-state index contributed by atoms with van der Waals surface area (Å²) >= 11 is 0. The first kappa shape index (κ1) is 16.8. The first-order valence-electron chi connectivity index (χ1n) is 8.53. The molecule has 0 spiro atoms. The number of rotatable bonds is 4. The Hall–Kier alpha value is -3.67. The van der Waals surface area contributed by atoms with E-state index in [2.05, 4.69) is 9.97 Å². The van der Waals surface area contributed by atoms with Gasteiger partial charge in [-0.15, -0.1) is 0 Å². The zero-order valence-corrected chi connectivity index (χ0v) is 14.6. The molecule has 2 heterocycles. The van der Waals surface area contributed by atoms with Gasteiger partial charge in [0.05, 0.1) is 6.61 Å². The number of aromatic amines is 1. The summed E-state index contributed by atoms with van der Waals surface area (Å²) in [5, 5.41) is 0.299. The number of esters is 1. The van der Waals surface area contributed by atoms with Gasteiger partial charge in [-0.25, -0.2) is 4.79 Å². The van der Waals surface area contributed by atoms with Crippen molar-refractivity contribution in [3.8, 4) is 22.5 Å². The third-order valence-electron chi connectivity index (χ3n) is 4.13. The van der Waals surface area contributed by atoms with Crippen LogP contribution in [0.3, 0.4) is 0 Å². The molecule has 1 N–H and O–H groups in total. The lowest BCUT2D eigenvalue weighted by molar-refractivity contribution is 0.0511. The Balaban J connectivity index is 2.03. The van der Waals surface area contributed by atoms with E-state index in [1.54, 1.807) is 6.92 Å². The van der Waals surface area contributed by atoms with Crippen molar-refractivity contribution in [2.75, 3.05) is 6.61 Å². The molecule has 0 radical (unpaired) electrons. The molecule has 4 rings (SSSR count). The normalized spacial score (nSPS) is 10.9. The molecule has 0 aliphatic rings. The Labute approximate surface area is 154 Å². The third kappa shape index (κ3) is 3.01. The van der Waals surface area contributed by atoms with E-state index in [9.17, 15) is 9.59 Å². The highest BCUT2D eigenvalue weighted by molar-refractivity contribution is 6.00. The fourth-order valence-electron chi connectivity index (χ4n) is 2.98. The fraction of sp³-hybridized carbons (Fsp3) is 0.0952. The average Bonchev–Trinajstić information content (AvgIpc) is 3.09. The van der Waals surface area contributed by atoms with E-state index in [0.717, 1.165) is 11.1 Å². The number of furan rings is 1. The van der Waals surface area contributed by atoms with Crippen LogP contribution < -0.4 is 5.56 Å². The molecule has 0 bridgehead atoms. The number of carbonyl (C=O) groups is 1. The topological polar surface area (TPSA) is 85.2 Å². The molecule has 0 amide bonds. The van der Waals surface area contributed by atoms with Crippen LogP contribution in [0.4, 0.5) is 0 Å². The largest absolute Gasteiger partial charge is 0.460 e. The predicted octanol–water partition coefficient (Wildman–Crippen LogP) is 4.03. The second-order valence-corrected chi connectivity index (χ2v) is 5.85. The maximum atomic E-state index is 12.8. The van der Waals surface area contributed by atoms with Gasteiger partial charge in [-0.2, -0.15) is 4.98 Å². The minimum absolute atomic E-state index is 0.0968. The van der Waals surface area contributed by atoms with E-state index in [4.69, 9.17) is 9.15 Å². The Morgan fingerprint density at radius 2 is 1.67 bits per heavy atom. The Bertz CT molecular complexity index is 1160. The van der Waals surface area contributed by atoms with Crippen molar-refractivity contribution in [1.29, 1.82) is 0 Å². The molecule has 4 aromatic rings. The summed E-state index contributed by atoms with van der Waals surface area (Å²) in [5.74, 6) is -0.353. The molecule has 0 saturated carbocycles. The molecule has 0 saturated heterocycles. The highest BCUT2D eigenvalue weighted by Gasteiger charge is 2.23. The summed E-state index contributed by atoms with van der Waals surface area (Å²) in [5.41, 5.74) is 1.92. The number of ether oxygens (including phenoxy) is 1. The maximum Gasteiger partial charge on any atom is 0.374 e. The van der Waals surface area contributed by atoms with E-state index in [1.807, 2.05) is 60.7 Å². The maximum absolute atomic E-state index is 12.8. The van der Waals surface area contributed by atoms with Crippen LogP contribution in [0.1, 0.15) is 17.5 Å². The van der Waals surface area contributed by atoms with Crippen molar-refractivity contribution in [1.82, 2.24) is 9.97 Å². The monoisotopic (exact) mass is 360 g/mol. The van der Waals surface area contributed by atoms with Crippen molar-refractivity contribution in [3.63, 3.8) is 0 Å². The van der Waals surface area contributed by atoms with Gasteiger partial charge in [0.2, 0.25) is 11.5 Å². The van der Waals surface area contributed by atoms with Gasteiger partial charge in [0, 0.05) is 11.1 Å². The summed E-state index contributed by atoms with van der Waals surface area (Å²) < 4.78 is 10.9. The summed E-state index contributed by atoms with van der Waals surface area (Å²) in [4.78, 5) is 31.5. The molecular weight excluding hydrogens is 344 g/mol. The standard InChI is InChI=1S/C21H16N2O4/c1-2-26-21(25)18-22-19(24)16-15(13-9-5-3-6-10-13)17(27-20(16)23-18)14-11-7-4-8-12-14/h3-12H,2H2,1H3,(H,22,23,24). The van der Waals surface area contributed by atoms with Gasteiger partial charge in [0.15, 0.2) is 0 Å². The van der Waals surface area contributed by atoms with Crippen LogP contribution >= 0.6 is 0 Å². The summed E-state index contributed by atoms with van der Waals surface area (Å²) in [6, 6.07) is 18.9. The number of fused-ring (bicyclic) bond motifs is 1. The number of aromatic nitrogens is 2. The molecule has 0 unspecified atom stereocenters. The number of H-pyrrole nitrogens is 1. The first-order chi connectivity index (χ1) is 13.2. The molecule has 6 heteroatoms. The van der Waals surface area contributed by atoms with Crippen LogP contribution in [0.25, 0.3) is 33.6 Å².